The van der Waals surface area contributed by atoms with E-state index < -0.39 is 0 Å². The van der Waals surface area contributed by atoms with Crippen molar-refractivity contribution >= 4 is 27.5 Å². The van der Waals surface area contributed by atoms with Crippen LogP contribution in [0, 0.1) is 11.3 Å². The number of aromatic amines is 1. The molecule has 1 atom stereocenters. The van der Waals surface area contributed by atoms with Gasteiger partial charge in [-0.1, -0.05) is 26.8 Å². The van der Waals surface area contributed by atoms with Gasteiger partial charge in [-0.2, -0.15) is 0 Å². The van der Waals surface area contributed by atoms with Crippen LogP contribution in [0.2, 0.25) is 0 Å². The van der Waals surface area contributed by atoms with Gasteiger partial charge >= 0.3 is 0 Å². The Labute approximate surface area is 210 Å². The van der Waals surface area contributed by atoms with Crippen LogP contribution in [0.4, 0.5) is 0 Å². The number of ether oxygens (including phenoxy) is 1. The largest absolute Gasteiger partial charge is 0.497 e. The van der Waals surface area contributed by atoms with Crippen molar-refractivity contribution in [2.24, 2.45) is 11.3 Å². The lowest BCUT2D eigenvalue weighted by Gasteiger charge is -2.34. The highest BCUT2D eigenvalue weighted by Gasteiger charge is 2.32. The zero-order valence-corrected chi connectivity index (χ0v) is 21.8. The maximum Gasteiger partial charge on any atom is 0.259 e. The molecule has 1 aliphatic heterocycles. The van der Waals surface area contributed by atoms with Crippen molar-refractivity contribution in [3.05, 3.63) is 56.4 Å². The lowest BCUT2D eigenvalue weighted by molar-refractivity contribution is 0.0625. The molecule has 8 heteroatoms. The summed E-state index contributed by atoms with van der Waals surface area (Å²) >= 11 is 1.70. The van der Waals surface area contributed by atoms with Gasteiger partial charge in [0.15, 0.2) is 0 Å². The molecule has 1 N–H and O–H groups in total. The van der Waals surface area contributed by atoms with Crippen LogP contribution in [0.15, 0.2) is 29.1 Å². The SMILES string of the molecule is COc1cccc(C(=O)N2CCN(Cc3nc4sc5c(c4c(=O)[nH]3)CC[C@@H](C(C)(C)C)C5)CC2)c1. The van der Waals surface area contributed by atoms with E-state index in [1.54, 1.807) is 24.5 Å². The summed E-state index contributed by atoms with van der Waals surface area (Å²) in [7, 11) is 1.60. The molecule has 0 saturated carbocycles. The number of piperazine rings is 1. The highest BCUT2D eigenvalue weighted by molar-refractivity contribution is 7.18. The average Bonchev–Trinajstić information content (AvgIpc) is 3.21. The Morgan fingerprint density at radius 2 is 2.00 bits per heavy atom. The van der Waals surface area contributed by atoms with E-state index in [-0.39, 0.29) is 16.9 Å². The molecule has 0 unspecified atom stereocenters. The zero-order valence-electron chi connectivity index (χ0n) is 21.0. The molecule has 186 valence electrons. The van der Waals surface area contributed by atoms with Crippen molar-refractivity contribution in [3.8, 4) is 5.75 Å². The molecule has 1 aliphatic carbocycles. The molecule has 5 rings (SSSR count). The first-order chi connectivity index (χ1) is 16.7. The number of H-pyrrole nitrogens is 1. The molecule has 0 bridgehead atoms. The molecular formula is C27H34N4O3S. The summed E-state index contributed by atoms with van der Waals surface area (Å²) in [5.74, 6) is 2.05. The second-order valence-corrected chi connectivity index (χ2v) is 11.9. The molecule has 0 spiro atoms. The number of aryl methyl sites for hydroxylation is 1. The Hall–Kier alpha value is -2.71. The van der Waals surface area contributed by atoms with Crippen LogP contribution in [-0.2, 0) is 19.4 Å². The van der Waals surface area contributed by atoms with E-state index in [1.807, 2.05) is 23.1 Å². The highest BCUT2D eigenvalue weighted by Crippen LogP contribution is 2.42. The second-order valence-electron chi connectivity index (χ2n) is 10.8. The van der Waals surface area contributed by atoms with Crippen molar-refractivity contribution in [3.63, 3.8) is 0 Å². The zero-order chi connectivity index (χ0) is 24.7. The summed E-state index contributed by atoms with van der Waals surface area (Å²) in [6.45, 7) is 10.3. The predicted octanol–water partition coefficient (Wildman–Crippen LogP) is 4.10. The van der Waals surface area contributed by atoms with Crippen LogP contribution in [0.5, 0.6) is 5.75 Å². The predicted molar refractivity (Wildman–Crippen MR) is 139 cm³/mol. The molecular weight excluding hydrogens is 460 g/mol. The number of methoxy groups -OCH3 is 1. The van der Waals surface area contributed by atoms with Gasteiger partial charge in [0.1, 0.15) is 16.4 Å². The van der Waals surface area contributed by atoms with E-state index in [2.05, 4.69) is 30.7 Å². The molecule has 3 heterocycles. The van der Waals surface area contributed by atoms with Crippen LogP contribution in [0.3, 0.4) is 0 Å². The number of hydrogen-bond acceptors (Lipinski definition) is 6. The number of aromatic nitrogens is 2. The molecule has 1 saturated heterocycles. The summed E-state index contributed by atoms with van der Waals surface area (Å²) in [6, 6.07) is 7.28. The maximum atomic E-state index is 13.0. The minimum atomic E-state index is -0.0106. The van der Waals surface area contributed by atoms with Crippen LogP contribution in [-0.4, -0.2) is 59.0 Å². The third-order valence-corrected chi connectivity index (χ3v) is 8.69. The number of fused-ring (bicyclic) bond motifs is 3. The van der Waals surface area contributed by atoms with Crippen LogP contribution < -0.4 is 10.3 Å². The summed E-state index contributed by atoms with van der Waals surface area (Å²) in [6.07, 6.45) is 3.13. The normalized spacial score (nSPS) is 19.1. The van der Waals surface area contributed by atoms with E-state index in [0.29, 0.717) is 42.7 Å². The number of rotatable bonds is 4. The fraction of sp³-hybridized carbons (Fsp3) is 0.519. The highest BCUT2D eigenvalue weighted by atomic mass is 32.1. The quantitative estimate of drug-likeness (QED) is 0.591. The molecule has 3 aromatic rings. The van der Waals surface area contributed by atoms with E-state index in [1.165, 1.54) is 10.4 Å². The fourth-order valence-corrected chi connectivity index (χ4v) is 6.62. The number of carbonyl (C=O) groups is 1. The number of nitrogens with zero attached hydrogens (tertiary/aromatic N) is 3. The Morgan fingerprint density at radius 1 is 1.23 bits per heavy atom. The lowest BCUT2D eigenvalue weighted by atomic mass is 9.72. The van der Waals surface area contributed by atoms with Gasteiger partial charge in [0.2, 0.25) is 0 Å². The third kappa shape index (κ3) is 4.86. The summed E-state index contributed by atoms with van der Waals surface area (Å²) in [4.78, 5) is 40.2. The van der Waals surface area contributed by atoms with Gasteiger partial charge in [-0.25, -0.2) is 4.98 Å². The number of hydrogen-bond donors (Lipinski definition) is 1. The summed E-state index contributed by atoms with van der Waals surface area (Å²) < 4.78 is 5.25. The standard InChI is InChI=1S/C27H34N4O3S/c1-27(2,3)18-8-9-20-21(15-18)35-25-23(20)24(32)28-22(29-25)16-30-10-12-31(13-11-30)26(33)17-6-5-7-19(14-17)34-4/h5-7,14,18H,8-13,15-16H2,1-4H3,(H,28,29,32)/t18-/m1/s1. The third-order valence-electron chi connectivity index (χ3n) is 7.54. The molecule has 2 aliphatic rings. The molecule has 1 fully saturated rings. The number of thiophene rings is 1. The monoisotopic (exact) mass is 494 g/mol. The molecule has 7 nitrogen and oxygen atoms in total. The summed E-state index contributed by atoms with van der Waals surface area (Å²) in [5, 5.41) is 0.801. The van der Waals surface area contributed by atoms with Crippen LogP contribution in [0.1, 0.15) is 53.8 Å². The Balaban J connectivity index is 1.26. The van der Waals surface area contributed by atoms with Gasteiger partial charge in [0, 0.05) is 36.6 Å². The maximum absolute atomic E-state index is 13.0. The molecule has 2 aromatic heterocycles. The van der Waals surface area contributed by atoms with Crippen LogP contribution >= 0.6 is 11.3 Å². The number of benzene rings is 1. The minimum absolute atomic E-state index is 0.0106. The van der Waals surface area contributed by atoms with Crippen molar-refractivity contribution in [2.75, 3.05) is 33.3 Å². The average molecular weight is 495 g/mol. The first-order valence-corrected chi connectivity index (χ1v) is 13.2. The first-order valence-electron chi connectivity index (χ1n) is 12.4. The van der Waals surface area contributed by atoms with Gasteiger partial charge in [-0.3, -0.25) is 14.5 Å². The van der Waals surface area contributed by atoms with Gasteiger partial charge < -0.3 is 14.6 Å². The summed E-state index contributed by atoms with van der Waals surface area (Å²) in [5.41, 5.74) is 2.12. The van der Waals surface area contributed by atoms with Crippen molar-refractivity contribution in [2.45, 2.75) is 46.6 Å². The smallest absolute Gasteiger partial charge is 0.259 e. The molecule has 0 radical (unpaired) electrons. The Kier molecular flexibility index (Phi) is 6.44. The van der Waals surface area contributed by atoms with Gasteiger partial charge in [0.25, 0.3) is 11.5 Å². The number of amides is 1. The fourth-order valence-electron chi connectivity index (χ4n) is 5.30. The molecule has 1 amide bonds. The molecule has 1 aromatic carbocycles. The van der Waals surface area contributed by atoms with Gasteiger partial charge in [-0.15, -0.1) is 11.3 Å². The van der Waals surface area contributed by atoms with Crippen molar-refractivity contribution in [1.82, 2.24) is 19.8 Å². The topological polar surface area (TPSA) is 78.5 Å². The minimum Gasteiger partial charge on any atom is -0.497 e. The second kappa shape index (κ2) is 9.39. The number of carbonyl (C=O) groups excluding carboxylic acids is 1. The van der Waals surface area contributed by atoms with E-state index in [9.17, 15) is 9.59 Å². The first kappa shape index (κ1) is 24.0. The van der Waals surface area contributed by atoms with E-state index in [4.69, 9.17) is 9.72 Å². The van der Waals surface area contributed by atoms with E-state index in [0.717, 1.165) is 42.6 Å². The number of nitrogens with one attached hydrogen (secondary N) is 1. The van der Waals surface area contributed by atoms with Crippen molar-refractivity contribution < 1.29 is 9.53 Å². The lowest BCUT2D eigenvalue weighted by Crippen LogP contribution is -2.48. The Bertz CT molecular complexity index is 1300. The van der Waals surface area contributed by atoms with E-state index >= 15 is 0 Å². The van der Waals surface area contributed by atoms with Gasteiger partial charge in [-0.05, 0) is 54.4 Å². The molecule has 35 heavy (non-hydrogen) atoms. The van der Waals surface area contributed by atoms with Crippen LogP contribution in [0.25, 0.3) is 10.2 Å². The Morgan fingerprint density at radius 3 is 2.71 bits per heavy atom. The van der Waals surface area contributed by atoms with Gasteiger partial charge in [0.05, 0.1) is 19.0 Å². The van der Waals surface area contributed by atoms with Crippen molar-refractivity contribution in [1.29, 1.82) is 0 Å².